The van der Waals surface area contributed by atoms with E-state index in [2.05, 4.69) is 20.1 Å². The van der Waals surface area contributed by atoms with Gasteiger partial charge in [-0.3, -0.25) is 4.79 Å². The average Bonchev–Trinajstić information content (AvgIpc) is 2.15. The summed E-state index contributed by atoms with van der Waals surface area (Å²) in [7, 11) is 0. The second-order valence-electron chi connectivity index (χ2n) is 2.77. The molecule has 0 bridgehead atoms. The number of rotatable bonds is 4. The van der Waals surface area contributed by atoms with Crippen molar-refractivity contribution in [2.24, 2.45) is 5.41 Å². The Morgan fingerprint density at radius 2 is 1.85 bits per heavy atom. The van der Waals surface area contributed by atoms with Gasteiger partial charge < -0.3 is 8.57 Å². The Hall–Kier alpha value is -0.580. The van der Waals surface area contributed by atoms with Crippen LogP contribution >= 0.6 is 16.3 Å². The zero-order chi connectivity index (χ0) is 10.5. The van der Waals surface area contributed by atoms with Crippen molar-refractivity contribution in [2.75, 3.05) is 6.61 Å². The highest BCUT2D eigenvalue weighted by atomic mass is 79.9. The van der Waals surface area contributed by atoms with Crippen LogP contribution in [-0.2, 0) is 18.2 Å². The minimum absolute atomic E-state index is 0.254. The molecule has 13 heavy (non-hydrogen) atoms. The number of carbonyl (C=O) groups is 2. The van der Waals surface area contributed by atoms with E-state index in [0.29, 0.717) is 6.42 Å². The summed E-state index contributed by atoms with van der Waals surface area (Å²) in [5.41, 5.74) is -1.21. The Balaban J connectivity index is 4.61. The maximum atomic E-state index is 11.4. The lowest BCUT2D eigenvalue weighted by Crippen LogP contribution is -2.37. The van der Waals surface area contributed by atoms with Crippen molar-refractivity contribution in [3.05, 3.63) is 0 Å². The van der Waals surface area contributed by atoms with E-state index in [-0.39, 0.29) is 6.61 Å². The molecule has 0 saturated carbocycles. The van der Waals surface area contributed by atoms with Crippen molar-refractivity contribution in [2.45, 2.75) is 27.2 Å². The maximum absolute atomic E-state index is 11.4. The van der Waals surface area contributed by atoms with Crippen LogP contribution in [0.15, 0.2) is 0 Å². The standard InChI is InChI=1S/C8H13BrO4/c1-4-8(3,7(11)13-9)6(10)12-5-2/h4-5H2,1-3H3. The molecule has 0 fully saturated rings. The fourth-order valence-corrected chi connectivity index (χ4v) is 1.10. The third kappa shape index (κ3) is 2.69. The lowest BCUT2D eigenvalue weighted by atomic mass is 9.88. The first-order valence-corrected chi connectivity index (χ1v) is 4.67. The molecule has 0 heterocycles. The van der Waals surface area contributed by atoms with Crippen molar-refractivity contribution >= 4 is 28.2 Å². The van der Waals surface area contributed by atoms with Gasteiger partial charge in [-0.05, 0) is 20.3 Å². The first-order valence-electron chi connectivity index (χ1n) is 4.03. The molecule has 1 unspecified atom stereocenters. The van der Waals surface area contributed by atoms with Crippen molar-refractivity contribution in [1.29, 1.82) is 0 Å². The van der Waals surface area contributed by atoms with E-state index in [1.807, 2.05) is 0 Å². The van der Waals surface area contributed by atoms with Crippen LogP contribution in [0.25, 0.3) is 0 Å². The fourth-order valence-electron chi connectivity index (χ4n) is 0.748. The second kappa shape index (κ2) is 5.21. The molecular weight excluding hydrogens is 240 g/mol. The zero-order valence-electron chi connectivity index (χ0n) is 7.93. The summed E-state index contributed by atoms with van der Waals surface area (Å²) in [6.07, 6.45) is 0.344. The summed E-state index contributed by atoms with van der Waals surface area (Å²) in [6, 6.07) is 0. The topological polar surface area (TPSA) is 52.6 Å². The molecule has 5 heteroatoms. The molecule has 0 amide bonds. The Morgan fingerprint density at radius 3 is 2.15 bits per heavy atom. The van der Waals surface area contributed by atoms with Crippen LogP contribution < -0.4 is 0 Å². The largest absolute Gasteiger partial charge is 0.465 e. The van der Waals surface area contributed by atoms with E-state index in [4.69, 9.17) is 4.74 Å². The molecule has 0 aromatic rings. The number of hydrogen-bond donors (Lipinski definition) is 0. The predicted molar refractivity (Wildman–Crippen MR) is 50.1 cm³/mol. The highest BCUT2D eigenvalue weighted by molar-refractivity contribution is 9.06. The Kier molecular flexibility index (Phi) is 4.98. The van der Waals surface area contributed by atoms with Crippen LogP contribution in [0.3, 0.4) is 0 Å². The van der Waals surface area contributed by atoms with Gasteiger partial charge in [-0.15, -0.1) is 0 Å². The third-order valence-corrected chi connectivity index (χ3v) is 2.25. The van der Waals surface area contributed by atoms with E-state index in [1.165, 1.54) is 6.92 Å². The molecule has 0 N–H and O–H groups in total. The van der Waals surface area contributed by atoms with Gasteiger partial charge in [0.25, 0.3) is 0 Å². The Morgan fingerprint density at radius 1 is 1.31 bits per heavy atom. The zero-order valence-corrected chi connectivity index (χ0v) is 9.51. The van der Waals surface area contributed by atoms with Crippen molar-refractivity contribution in [3.8, 4) is 0 Å². The minimum atomic E-state index is -1.21. The smallest absolute Gasteiger partial charge is 0.334 e. The summed E-state index contributed by atoms with van der Waals surface area (Å²) in [6.45, 7) is 5.16. The van der Waals surface area contributed by atoms with Crippen molar-refractivity contribution < 1.29 is 18.2 Å². The quantitative estimate of drug-likeness (QED) is 0.566. The van der Waals surface area contributed by atoms with Gasteiger partial charge in [0.2, 0.25) is 0 Å². The normalized spacial score (nSPS) is 14.5. The van der Waals surface area contributed by atoms with Gasteiger partial charge in [-0.1, -0.05) is 6.92 Å². The van der Waals surface area contributed by atoms with Crippen LogP contribution in [0, 0.1) is 5.41 Å². The summed E-state index contributed by atoms with van der Waals surface area (Å²) in [4.78, 5) is 22.6. The molecule has 0 aromatic carbocycles. The van der Waals surface area contributed by atoms with E-state index < -0.39 is 17.4 Å². The average molecular weight is 253 g/mol. The van der Waals surface area contributed by atoms with E-state index in [9.17, 15) is 9.59 Å². The number of ether oxygens (including phenoxy) is 1. The summed E-state index contributed by atoms with van der Waals surface area (Å²) < 4.78 is 9.11. The predicted octanol–water partition coefficient (Wildman–Crippen LogP) is 1.82. The lowest BCUT2D eigenvalue weighted by Gasteiger charge is -2.21. The van der Waals surface area contributed by atoms with E-state index in [0.717, 1.165) is 0 Å². The molecule has 76 valence electrons. The molecule has 0 spiro atoms. The first-order chi connectivity index (χ1) is 6.02. The van der Waals surface area contributed by atoms with Crippen LogP contribution in [0.2, 0.25) is 0 Å². The number of halogens is 1. The Bertz CT molecular complexity index is 204. The molecule has 0 aliphatic heterocycles. The number of esters is 1. The third-order valence-electron chi connectivity index (χ3n) is 1.95. The molecule has 0 radical (unpaired) electrons. The molecule has 0 aliphatic rings. The SMILES string of the molecule is CCOC(=O)C(C)(CC)C(=O)OBr. The maximum Gasteiger partial charge on any atom is 0.334 e. The summed E-state index contributed by atoms with van der Waals surface area (Å²) >= 11 is 2.55. The summed E-state index contributed by atoms with van der Waals surface area (Å²) in [5, 5.41) is 0. The van der Waals surface area contributed by atoms with Crippen molar-refractivity contribution in [3.63, 3.8) is 0 Å². The molecule has 0 aromatic heterocycles. The van der Waals surface area contributed by atoms with Gasteiger partial charge in [0.15, 0.2) is 21.7 Å². The van der Waals surface area contributed by atoms with E-state index in [1.54, 1.807) is 13.8 Å². The molecule has 4 nitrogen and oxygen atoms in total. The van der Waals surface area contributed by atoms with Gasteiger partial charge in [-0.2, -0.15) is 0 Å². The molecule has 0 rings (SSSR count). The second-order valence-corrected chi connectivity index (χ2v) is 3.09. The first kappa shape index (κ1) is 12.4. The van der Waals surface area contributed by atoms with Crippen LogP contribution in [-0.4, -0.2) is 18.5 Å². The Labute approximate surface area is 86.0 Å². The number of hydrogen-bond acceptors (Lipinski definition) is 4. The summed E-state index contributed by atoms with van der Waals surface area (Å²) in [5.74, 6) is -1.18. The van der Waals surface area contributed by atoms with Crippen molar-refractivity contribution in [1.82, 2.24) is 0 Å². The fraction of sp³-hybridized carbons (Fsp3) is 0.750. The van der Waals surface area contributed by atoms with E-state index >= 15 is 0 Å². The molecule has 0 saturated heterocycles. The molecule has 1 atom stereocenters. The lowest BCUT2D eigenvalue weighted by molar-refractivity contribution is -0.164. The van der Waals surface area contributed by atoms with Gasteiger partial charge >= 0.3 is 11.9 Å². The highest BCUT2D eigenvalue weighted by Crippen LogP contribution is 2.25. The monoisotopic (exact) mass is 252 g/mol. The van der Waals surface area contributed by atoms with Gasteiger partial charge in [0.05, 0.1) is 6.61 Å². The minimum Gasteiger partial charge on any atom is -0.465 e. The highest BCUT2D eigenvalue weighted by Gasteiger charge is 2.42. The molecule has 0 aliphatic carbocycles. The van der Waals surface area contributed by atoms with Crippen LogP contribution in [0.5, 0.6) is 0 Å². The van der Waals surface area contributed by atoms with Gasteiger partial charge in [0, 0.05) is 0 Å². The molecular formula is C8H13BrO4. The van der Waals surface area contributed by atoms with Crippen LogP contribution in [0.4, 0.5) is 0 Å². The van der Waals surface area contributed by atoms with Gasteiger partial charge in [0.1, 0.15) is 0 Å². The number of carbonyl (C=O) groups excluding carboxylic acids is 2. The van der Waals surface area contributed by atoms with Crippen LogP contribution in [0.1, 0.15) is 27.2 Å². The van der Waals surface area contributed by atoms with Gasteiger partial charge in [-0.25, -0.2) is 4.79 Å².